The Morgan fingerprint density at radius 3 is 2.79 bits per heavy atom. The molecule has 5 heteroatoms. The van der Waals surface area contributed by atoms with Gasteiger partial charge in [0.25, 0.3) is 0 Å². The van der Waals surface area contributed by atoms with Gasteiger partial charge in [-0.1, -0.05) is 23.6 Å². The van der Waals surface area contributed by atoms with Gasteiger partial charge in [0, 0.05) is 18.0 Å². The van der Waals surface area contributed by atoms with Crippen LogP contribution in [0.4, 0.5) is 4.79 Å². The summed E-state index contributed by atoms with van der Waals surface area (Å²) in [7, 11) is 0. The molecule has 0 aromatic heterocycles. The molecule has 132 valence electrons. The lowest BCUT2D eigenvalue weighted by Crippen LogP contribution is -2.38. The zero-order valence-corrected chi connectivity index (χ0v) is 15.7. The monoisotopic (exact) mass is 351 g/mol. The first kappa shape index (κ1) is 20.2. The molecule has 0 bridgehead atoms. The van der Waals surface area contributed by atoms with Crippen LogP contribution in [0.5, 0.6) is 0 Å². The average Bonchev–Trinajstić information content (AvgIpc) is 2.61. The van der Waals surface area contributed by atoms with E-state index in [1.165, 1.54) is 4.90 Å². The SMILES string of the molecule is C#CCN(CCCOC1=C(C)C=C(Cl)C=CC1)C(=O)OC(C)(C)C. The zero-order valence-electron chi connectivity index (χ0n) is 14.9. The molecule has 1 rings (SSSR count). The van der Waals surface area contributed by atoms with E-state index in [2.05, 4.69) is 5.92 Å². The number of rotatable bonds is 6. The summed E-state index contributed by atoms with van der Waals surface area (Å²) in [5.74, 6) is 3.38. The second-order valence-electron chi connectivity index (χ2n) is 6.55. The predicted molar refractivity (Wildman–Crippen MR) is 97.6 cm³/mol. The van der Waals surface area contributed by atoms with Crippen LogP contribution >= 0.6 is 11.6 Å². The van der Waals surface area contributed by atoms with Crippen molar-refractivity contribution in [2.24, 2.45) is 0 Å². The largest absolute Gasteiger partial charge is 0.497 e. The Kier molecular flexibility index (Phi) is 7.94. The molecule has 24 heavy (non-hydrogen) atoms. The summed E-state index contributed by atoms with van der Waals surface area (Å²) in [5.41, 5.74) is 0.471. The number of terminal acetylenes is 1. The minimum atomic E-state index is -0.541. The molecule has 0 fully saturated rings. The predicted octanol–water partition coefficient (Wildman–Crippen LogP) is 4.62. The summed E-state index contributed by atoms with van der Waals surface area (Å²) in [4.78, 5) is 13.6. The van der Waals surface area contributed by atoms with Crippen LogP contribution in [0.25, 0.3) is 0 Å². The van der Waals surface area contributed by atoms with E-state index in [1.54, 1.807) is 0 Å². The Morgan fingerprint density at radius 1 is 1.46 bits per heavy atom. The second-order valence-corrected chi connectivity index (χ2v) is 6.99. The van der Waals surface area contributed by atoms with Gasteiger partial charge in [-0.05, 0) is 51.8 Å². The zero-order chi connectivity index (χ0) is 18.2. The number of carbonyl (C=O) groups is 1. The highest BCUT2D eigenvalue weighted by atomic mass is 35.5. The molecule has 0 saturated heterocycles. The van der Waals surface area contributed by atoms with E-state index in [0.717, 1.165) is 11.3 Å². The Balaban J connectivity index is 2.49. The van der Waals surface area contributed by atoms with Gasteiger partial charge in [-0.15, -0.1) is 6.42 Å². The Labute approximate surface area is 150 Å². The maximum absolute atomic E-state index is 12.1. The van der Waals surface area contributed by atoms with Crippen molar-refractivity contribution in [3.63, 3.8) is 0 Å². The van der Waals surface area contributed by atoms with Gasteiger partial charge in [0.2, 0.25) is 0 Å². The molecule has 0 spiro atoms. The average molecular weight is 352 g/mol. The third kappa shape index (κ3) is 7.61. The van der Waals surface area contributed by atoms with E-state index in [9.17, 15) is 4.79 Å². The summed E-state index contributed by atoms with van der Waals surface area (Å²) in [6.45, 7) is 8.65. The fraction of sp³-hybridized carbons (Fsp3) is 0.526. The molecular formula is C19H26ClNO3. The number of carbonyl (C=O) groups excluding carboxylic acids is 1. The van der Waals surface area contributed by atoms with Crippen molar-refractivity contribution in [1.82, 2.24) is 4.90 Å². The van der Waals surface area contributed by atoms with Crippen LogP contribution in [0.15, 0.2) is 34.6 Å². The number of ether oxygens (including phenoxy) is 2. The topological polar surface area (TPSA) is 38.8 Å². The first-order chi connectivity index (χ1) is 11.2. The number of hydrogen-bond acceptors (Lipinski definition) is 3. The number of hydrogen-bond donors (Lipinski definition) is 0. The highest BCUT2D eigenvalue weighted by Crippen LogP contribution is 2.20. The minimum Gasteiger partial charge on any atom is -0.497 e. The molecular weight excluding hydrogens is 326 g/mol. The standard InChI is InChI=1S/C19H26ClNO3/c1-6-11-21(18(22)24-19(3,4)5)12-8-13-23-17-10-7-9-16(20)14-15(17)2/h1,7,9,14H,8,10-13H2,2-5H3. The Bertz CT molecular complexity index is 576. The summed E-state index contributed by atoms with van der Waals surface area (Å²) in [6.07, 6.45) is 12.0. The Morgan fingerprint density at radius 2 is 2.17 bits per heavy atom. The van der Waals surface area contributed by atoms with Crippen LogP contribution in [0, 0.1) is 12.3 Å². The van der Waals surface area contributed by atoms with Crippen LogP contribution in [0.1, 0.15) is 40.5 Å². The van der Waals surface area contributed by atoms with Gasteiger partial charge < -0.3 is 9.47 Å². The number of halogens is 1. The lowest BCUT2D eigenvalue weighted by atomic mass is 10.2. The Hall–Kier alpha value is -1.86. The molecule has 0 saturated carbocycles. The van der Waals surface area contributed by atoms with Crippen molar-refractivity contribution in [3.05, 3.63) is 34.6 Å². The molecule has 0 aliphatic heterocycles. The summed E-state index contributed by atoms with van der Waals surface area (Å²) < 4.78 is 11.2. The van der Waals surface area contributed by atoms with Crippen molar-refractivity contribution in [2.45, 2.75) is 46.1 Å². The van der Waals surface area contributed by atoms with Gasteiger partial charge in [0.15, 0.2) is 0 Å². The molecule has 0 heterocycles. The molecule has 1 aliphatic carbocycles. The lowest BCUT2D eigenvalue weighted by molar-refractivity contribution is 0.0263. The lowest BCUT2D eigenvalue weighted by Gasteiger charge is -2.26. The third-order valence-corrected chi connectivity index (χ3v) is 3.39. The number of allylic oxidation sites excluding steroid dienone is 5. The highest BCUT2D eigenvalue weighted by Gasteiger charge is 2.21. The van der Waals surface area contributed by atoms with Crippen molar-refractivity contribution in [3.8, 4) is 12.3 Å². The van der Waals surface area contributed by atoms with Gasteiger partial charge >= 0.3 is 6.09 Å². The van der Waals surface area contributed by atoms with E-state index < -0.39 is 11.7 Å². The third-order valence-electron chi connectivity index (χ3n) is 3.16. The van der Waals surface area contributed by atoms with Crippen molar-refractivity contribution >= 4 is 17.7 Å². The van der Waals surface area contributed by atoms with Gasteiger partial charge in [-0.25, -0.2) is 4.79 Å². The van der Waals surface area contributed by atoms with Crippen molar-refractivity contribution in [2.75, 3.05) is 19.7 Å². The maximum Gasteiger partial charge on any atom is 0.411 e. The van der Waals surface area contributed by atoms with E-state index >= 15 is 0 Å². The van der Waals surface area contributed by atoms with Gasteiger partial charge in [0.05, 0.1) is 13.2 Å². The van der Waals surface area contributed by atoms with E-state index in [0.29, 0.717) is 31.0 Å². The van der Waals surface area contributed by atoms with Crippen LogP contribution < -0.4 is 0 Å². The van der Waals surface area contributed by atoms with Crippen molar-refractivity contribution < 1.29 is 14.3 Å². The molecule has 0 aromatic rings. The van der Waals surface area contributed by atoms with E-state index in [-0.39, 0.29) is 6.54 Å². The first-order valence-corrected chi connectivity index (χ1v) is 8.38. The van der Waals surface area contributed by atoms with Crippen LogP contribution in [0.3, 0.4) is 0 Å². The highest BCUT2D eigenvalue weighted by molar-refractivity contribution is 6.31. The molecule has 1 amide bonds. The van der Waals surface area contributed by atoms with Crippen LogP contribution in [0.2, 0.25) is 0 Å². The minimum absolute atomic E-state index is 0.220. The molecule has 0 radical (unpaired) electrons. The van der Waals surface area contributed by atoms with Gasteiger partial charge in [-0.2, -0.15) is 0 Å². The van der Waals surface area contributed by atoms with Gasteiger partial charge in [0.1, 0.15) is 11.4 Å². The van der Waals surface area contributed by atoms with E-state index in [4.69, 9.17) is 27.5 Å². The fourth-order valence-corrected chi connectivity index (χ4v) is 2.32. The molecule has 0 atom stereocenters. The second kappa shape index (κ2) is 9.44. The molecule has 0 N–H and O–H groups in total. The summed E-state index contributed by atoms with van der Waals surface area (Å²) in [6, 6.07) is 0. The summed E-state index contributed by atoms with van der Waals surface area (Å²) >= 11 is 6.01. The molecule has 0 unspecified atom stereocenters. The molecule has 4 nitrogen and oxygen atoms in total. The first-order valence-electron chi connectivity index (χ1n) is 8.00. The quantitative estimate of drug-likeness (QED) is 0.517. The van der Waals surface area contributed by atoms with Crippen molar-refractivity contribution in [1.29, 1.82) is 0 Å². The van der Waals surface area contributed by atoms with Gasteiger partial charge in [-0.3, -0.25) is 4.90 Å². The maximum atomic E-state index is 12.1. The van der Waals surface area contributed by atoms with Crippen LogP contribution in [-0.2, 0) is 9.47 Å². The number of amides is 1. The number of nitrogens with zero attached hydrogens (tertiary/aromatic N) is 1. The molecule has 0 aromatic carbocycles. The van der Waals surface area contributed by atoms with Crippen LogP contribution in [-0.4, -0.2) is 36.3 Å². The molecule has 1 aliphatic rings. The normalized spacial score (nSPS) is 14.6. The van der Waals surface area contributed by atoms with E-state index in [1.807, 2.05) is 45.9 Å². The smallest absolute Gasteiger partial charge is 0.411 e. The summed E-state index contributed by atoms with van der Waals surface area (Å²) in [5, 5.41) is 0.691. The fourth-order valence-electron chi connectivity index (χ4n) is 2.07.